The molecule has 5 nitrogen and oxygen atoms in total. The van der Waals surface area contributed by atoms with E-state index < -0.39 is 0 Å². The largest absolute Gasteiger partial charge is 0.376 e. The Bertz CT molecular complexity index is 658. The molecular formula is C25H39N3O2. The molecule has 1 atom stereocenters. The topological polar surface area (TPSA) is 46.1 Å². The third-order valence-corrected chi connectivity index (χ3v) is 7.28. The zero-order valence-electron chi connectivity index (χ0n) is 18.7. The molecule has 30 heavy (non-hydrogen) atoms. The van der Waals surface area contributed by atoms with Gasteiger partial charge in [-0.15, -0.1) is 0 Å². The van der Waals surface area contributed by atoms with Crippen molar-refractivity contribution in [2.45, 2.75) is 75.4 Å². The summed E-state index contributed by atoms with van der Waals surface area (Å²) in [5.74, 6) is 1.05. The minimum absolute atomic E-state index is 0.249. The van der Waals surface area contributed by atoms with E-state index >= 15 is 0 Å². The van der Waals surface area contributed by atoms with Crippen LogP contribution in [-0.2, 0) is 14.9 Å². The van der Waals surface area contributed by atoms with Gasteiger partial charge < -0.3 is 19.7 Å². The Kier molecular flexibility index (Phi) is 7.67. The van der Waals surface area contributed by atoms with Crippen LogP contribution in [0.15, 0.2) is 35.3 Å². The summed E-state index contributed by atoms with van der Waals surface area (Å²) in [7, 11) is 1.91. The number of piperidine rings is 1. The molecule has 0 spiro atoms. The Labute approximate surface area is 182 Å². The molecule has 0 bridgehead atoms. The lowest BCUT2D eigenvalue weighted by Gasteiger charge is -2.37. The van der Waals surface area contributed by atoms with Crippen LogP contribution in [0.3, 0.4) is 0 Å². The second-order valence-electron chi connectivity index (χ2n) is 9.26. The molecule has 0 radical (unpaired) electrons. The molecule has 1 aromatic rings. The van der Waals surface area contributed by atoms with Crippen LogP contribution in [0.1, 0.15) is 63.4 Å². The summed E-state index contributed by atoms with van der Waals surface area (Å²) in [6.07, 6.45) is 11.6. The molecular weight excluding hydrogens is 374 g/mol. The highest BCUT2D eigenvalue weighted by Crippen LogP contribution is 2.40. The van der Waals surface area contributed by atoms with Gasteiger partial charge in [0.25, 0.3) is 0 Å². The molecule has 1 saturated carbocycles. The van der Waals surface area contributed by atoms with Crippen molar-refractivity contribution in [1.82, 2.24) is 10.2 Å². The van der Waals surface area contributed by atoms with Crippen LogP contribution in [0.25, 0.3) is 0 Å². The van der Waals surface area contributed by atoms with Crippen LogP contribution in [0.5, 0.6) is 0 Å². The lowest BCUT2D eigenvalue weighted by atomic mass is 9.79. The monoisotopic (exact) mass is 413 g/mol. The average molecular weight is 414 g/mol. The molecule has 1 unspecified atom stereocenters. The Morgan fingerprint density at radius 1 is 1.10 bits per heavy atom. The van der Waals surface area contributed by atoms with Crippen LogP contribution in [0.2, 0.25) is 0 Å². The maximum Gasteiger partial charge on any atom is 0.193 e. The van der Waals surface area contributed by atoms with Gasteiger partial charge in [0.1, 0.15) is 0 Å². The molecule has 166 valence electrons. The number of hydrogen-bond acceptors (Lipinski definition) is 3. The zero-order chi connectivity index (χ0) is 20.7. The summed E-state index contributed by atoms with van der Waals surface area (Å²) in [6.45, 7) is 4.65. The predicted octanol–water partition coefficient (Wildman–Crippen LogP) is 4.12. The van der Waals surface area contributed by atoms with Gasteiger partial charge in [0.05, 0.1) is 18.8 Å². The molecule has 1 aromatic carbocycles. The highest BCUT2D eigenvalue weighted by Gasteiger charge is 2.36. The molecule has 5 heteroatoms. The van der Waals surface area contributed by atoms with E-state index in [9.17, 15) is 0 Å². The third kappa shape index (κ3) is 5.36. The number of likely N-dealkylation sites (tertiary alicyclic amines) is 1. The third-order valence-electron chi connectivity index (χ3n) is 7.28. The predicted molar refractivity (Wildman–Crippen MR) is 122 cm³/mol. The molecule has 1 N–H and O–H groups in total. The molecule has 0 amide bonds. The van der Waals surface area contributed by atoms with Crippen molar-refractivity contribution in [1.29, 1.82) is 0 Å². The lowest BCUT2D eigenvalue weighted by molar-refractivity contribution is -0.0721. The van der Waals surface area contributed by atoms with Crippen LogP contribution in [0, 0.1) is 0 Å². The quantitative estimate of drug-likeness (QED) is 0.563. The van der Waals surface area contributed by atoms with E-state index in [1.165, 1.54) is 44.1 Å². The smallest absolute Gasteiger partial charge is 0.193 e. The van der Waals surface area contributed by atoms with Crippen LogP contribution in [0.4, 0.5) is 0 Å². The van der Waals surface area contributed by atoms with Crippen LogP contribution < -0.4 is 5.32 Å². The number of nitrogens with one attached hydrogen (secondary N) is 1. The van der Waals surface area contributed by atoms with Gasteiger partial charge in [-0.05, 0) is 50.5 Å². The number of guanidine groups is 1. The zero-order valence-corrected chi connectivity index (χ0v) is 18.7. The lowest BCUT2D eigenvalue weighted by Crippen LogP contribution is -2.50. The second-order valence-corrected chi connectivity index (χ2v) is 9.26. The fourth-order valence-corrected chi connectivity index (χ4v) is 5.41. The van der Waals surface area contributed by atoms with E-state index in [4.69, 9.17) is 9.47 Å². The number of ether oxygens (including phenoxy) is 2. The van der Waals surface area contributed by atoms with Gasteiger partial charge >= 0.3 is 0 Å². The van der Waals surface area contributed by atoms with Gasteiger partial charge in [-0.1, -0.05) is 43.2 Å². The van der Waals surface area contributed by atoms with Crippen LogP contribution >= 0.6 is 0 Å². The molecule has 3 fully saturated rings. The number of benzene rings is 1. The molecule has 0 aromatic heterocycles. The Morgan fingerprint density at radius 2 is 1.87 bits per heavy atom. The van der Waals surface area contributed by atoms with Crippen molar-refractivity contribution in [2.24, 2.45) is 4.99 Å². The van der Waals surface area contributed by atoms with Crippen molar-refractivity contribution < 1.29 is 9.47 Å². The SMILES string of the molecule is CN=C(NCC1(c2ccccc2)CCCC1)N1CCC(OCC2CCCCO2)CC1. The molecule has 3 aliphatic rings. The van der Waals surface area contributed by atoms with Gasteiger partial charge in [-0.3, -0.25) is 4.99 Å². The first kappa shape index (κ1) is 21.6. The summed E-state index contributed by atoms with van der Waals surface area (Å²) < 4.78 is 12.0. The van der Waals surface area contributed by atoms with Gasteiger partial charge in [0.15, 0.2) is 5.96 Å². The Balaban J connectivity index is 1.25. The minimum Gasteiger partial charge on any atom is -0.376 e. The van der Waals surface area contributed by atoms with Crippen LogP contribution in [-0.4, -0.2) is 63.0 Å². The summed E-state index contributed by atoms with van der Waals surface area (Å²) >= 11 is 0. The second kappa shape index (κ2) is 10.6. The number of aliphatic imine (C=N–C) groups is 1. The van der Waals surface area contributed by atoms with E-state index in [0.29, 0.717) is 12.2 Å². The van der Waals surface area contributed by atoms with Crippen molar-refractivity contribution in [3.8, 4) is 0 Å². The summed E-state index contributed by atoms with van der Waals surface area (Å²) in [5, 5.41) is 3.73. The van der Waals surface area contributed by atoms with E-state index in [0.717, 1.165) is 58.1 Å². The maximum absolute atomic E-state index is 6.19. The first-order valence-corrected chi connectivity index (χ1v) is 12.0. The Morgan fingerprint density at radius 3 is 2.53 bits per heavy atom. The average Bonchev–Trinajstić information content (AvgIpc) is 3.30. The standard InChI is InChI=1S/C25H39N3O2/c1-26-24(27-20-25(14-6-7-15-25)21-9-3-2-4-10-21)28-16-12-22(13-17-28)30-19-23-11-5-8-18-29-23/h2-4,9-10,22-23H,5-8,11-20H2,1H3,(H,26,27). The molecule has 4 rings (SSSR count). The van der Waals surface area contributed by atoms with Gasteiger partial charge in [-0.2, -0.15) is 0 Å². The number of hydrogen-bond donors (Lipinski definition) is 1. The minimum atomic E-state index is 0.249. The summed E-state index contributed by atoms with van der Waals surface area (Å²) in [6, 6.07) is 11.1. The van der Waals surface area contributed by atoms with Gasteiger partial charge in [0, 0.05) is 38.7 Å². The maximum atomic E-state index is 6.19. The van der Waals surface area contributed by atoms with Crippen molar-refractivity contribution in [2.75, 3.05) is 39.9 Å². The van der Waals surface area contributed by atoms with E-state index in [1.54, 1.807) is 0 Å². The number of nitrogens with zero attached hydrogens (tertiary/aromatic N) is 2. The molecule has 2 heterocycles. The number of rotatable bonds is 6. The first-order valence-electron chi connectivity index (χ1n) is 12.0. The fourth-order valence-electron chi connectivity index (χ4n) is 5.41. The van der Waals surface area contributed by atoms with Crippen molar-refractivity contribution >= 4 is 5.96 Å². The normalized spacial score (nSPS) is 25.4. The molecule has 2 saturated heterocycles. The summed E-state index contributed by atoms with van der Waals surface area (Å²) in [5.41, 5.74) is 1.72. The Hall–Kier alpha value is -1.59. The van der Waals surface area contributed by atoms with E-state index in [1.807, 2.05) is 7.05 Å². The van der Waals surface area contributed by atoms with E-state index in [-0.39, 0.29) is 5.41 Å². The molecule has 1 aliphatic carbocycles. The fraction of sp³-hybridized carbons (Fsp3) is 0.720. The van der Waals surface area contributed by atoms with E-state index in [2.05, 4.69) is 45.5 Å². The summed E-state index contributed by atoms with van der Waals surface area (Å²) in [4.78, 5) is 7.02. The highest BCUT2D eigenvalue weighted by molar-refractivity contribution is 5.80. The first-order chi connectivity index (χ1) is 14.8. The van der Waals surface area contributed by atoms with Gasteiger partial charge in [0.2, 0.25) is 0 Å². The van der Waals surface area contributed by atoms with Crippen molar-refractivity contribution in [3.63, 3.8) is 0 Å². The van der Waals surface area contributed by atoms with Gasteiger partial charge in [-0.25, -0.2) is 0 Å². The van der Waals surface area contributed by atoms with Crippen molar-refractivity contribution in [3.05, 3.63) is 35.9 Å². The molecule has 2 aliphatic heterocycles. The highest BCUT2D eigenvalue weighted by atomic mass is 16.5.